The maximum Gasteiger partial charge on any atom is 0.410 e. The van der Waals surface area contributed by atoms with Crippen LogP contribution in [0.25, 0.3) is 0 Å². The maximum atomic E-state index is 14.6. The number of sulfonamides is 1. The Morgan fingerprint density at radius 1 is 0.490 bits per heavy atom. The van der Waals surface area contributed by atoms with Crippen LogP contribution in [0.2, 0.25) is 0 Å². The van der Waals surface area contributed by atoms with Crippen molar-refractivity contribution in [1.82, 2.24) is 33.6 Å². The van der Waals surface area contributed by atoms with Crippen LogP contribution in [-0.4, -0.2) is 134 Å². The van der Waals surface area contributed by atoms with Crippen molar-refractivity contribution < 1.29 is 79.7 Å². The van der Waals surface area contributed by atoms with Crippen LogP contribution in [0.5, 0.6) is 0 Å². The summed E-state index contributed by atoms with van der Waals surface area (Å²) in [4.78, 5) is 41.2. The summed E-state index contributed by atoms with van der Waals surface area (Å²) in [6.07, 6.45) is 8.83. The first kappa shape index (κ1) is 80.6. The highest BCUT2D eigenvalue weighted by Gasteiger charge is 2.51. The molecule has 0 spiro atoms. The van der Waals surface area contributed by atoms with Crippen molar-refractivity contribution in [3.05, 3.63) is 177 Å². The molecule has 12 rings (SSSR count). The number of rotatable bonds is 21. The van der Waals surface area contributed by atoms with Crippen LogP contribution in [0.15, 0.2) is 91.0 Å². The van der Waals surface area contributed by atoms with Gasteiger partial charge in [-0.05, 0) is 229 Å². The van der Waals surface area contributed by atoms with Crippen LogP contribution in [0.4, 0.5) is 44.3 Å². The third-order valence-electron chi connectivity index (χ3n) is 20.9. The Hall–Kier alpha value is -5.92. The van der Waals surface area contributed by atoms with Crippen LogP contribution in [0.1, 0.15) is 182 Å². The number of nitrogens with one attached hydrogen (secondary N) is 4. The van der Waals surface area contributed by atoms with E-state index >= 15 is 0 Å². The molecule has 6 bridgehead atoms. The maximum absolute atomic E-state index is 14.6. The molecule has 7 aliphatic heterocycles. The molecule has 7 aliphatic rings. The normalized spacial score (nSPS) is 24.9. The van der Waals surface area contributed by atoms with Crippen molar-refractivity contribution in [3.63, 3.8) is 0 Å². The van der Waals surface area contributed by atoms with Crippen LogP contribution in [0.3, 0.4) is 0 Å². The zero-order chi connectivity index (χ0) is 75.7. The molecule has 29 heteroatoms. The average molecular weight is 1540 g/mol. The monoisotopic (exact) mass is 1540 g/mol. The molecule has 104 heavy (non-hydrogen) atoms. The van der Waals surface area contributed by atoms with Gasteiger partial charge in [-0.15, -0.1) is 0 Å². The zero-order valence-electron chi connectivity index (χ0n) is 59.9. The van der Waals surface area contributed by atoms with E-state index in [1.165, 1.54) is 4.31 Å². The number of hydrogen-bond donors (Lipinski definition) is 4. The number of fused-ring (bicyclic) bond motifs is 7. The van der Waals surface area contributed by atoms with Gasteiger partial charge in [-0.2, -0.15) is 4.31 Å². The molecule has 0 aromatic heterocycles. The van der Waals surface area contributed by atoms with E-state index in [0.29, 0.717) is 68.8 Å². The van der Waals surface area contributed by atoms with E-state index in [2.05, 4.69) is 19.5 Å². The fraction of sp³-hybridized carbons (Fsp3) is 0.560. The zero-order valence-corrected chi connectivity index (χ0v) is 63.1. The first-order valence-corrected chi connectivity index (χ1v) is 40.5. The molecular formula is C75H94F9N7O9S4. The van der Waals surface area contributed by atoms with Gasteiger partial charge in [0.05, 0.1) is 64.1 Å². The van der Waals surface area contributed by atoms with Crippen molar-refractivity contribution in [2.24, 2.45) is 17.8 Å². The van der Waals surface area contributed by atoms with E-state index in [0.717, 1.165) is 67.2 Å². The lowest BCUT2D eigenvalue weighted by atomic mass is 9.83. The summed E-state index contributed by atoms with van der Waals surface area (Å²) < 4.78 is 206. The molecular weight excluding hydrogens is 1440 g/mol. The van der Waals surface area contributed by atoms with E-state index < -0.39 is 139 Å². The lowest BCUT2D eigenvalue weighted by Crippen LogP contribution is -2.53. The van der Waals surface area contributed by atoms with Gasteiger partial charge in [-0.3, -0.25) is 14.5 Å². The van der Waals surface area contributed by atoms with Crippen molar-refractivity contribution in [1.29, 1.82) is 0 Å². The van der Waals surface area contributed by atoms with Crippen molar-refractivity contribution in [2.75, 3.05) is 12.3 Å². The van der Waals surface area contributed by atoms with Gasteiger partial charge in [0.1, 0.15) is 24.1 Å². The summed E-state index contributed by atoms with van der Waals surface area (Å²) in [7, 11) is -8.18. The van der Waals surface area contributed by atoms with Gasteiger partial charge in [0.15, 0.2) is 34.9 Å². The van der Waals surface area contributed by atoms with Gasteiger partial charge in [0, 0.05) is 79.1 Å². The van der Waals surface area contributed by atoms with Crippen molar-refractivity contribution in [3.8, 4) is 0 Å². The largest absolute Gasteiger partial charge is 0.445 e. The number of nitrogens with zero attached hydrogens (tertiary/aromatic N) is 3. The van der Waals surface area contributed by atoms with Crippen molar-refractivity contribution >= 4 is 60.9 Å². The standard InChI is InChI=1S/C29H34F3N3O5S2.C27H33F3N2O3S.C19H27F3N2OS/c1-29(2,3)41(38)33-26(15-17-14-24(31)25(32)16-23(17)30)18-12-19-8-9-20(13-18)35(19)42(39,40)11-10-34-27(36)21-6-4-5-7-22(21)28(34)37;1-27(2,3)36(34)31-25(14-18-13-23(29)24(30)15-22(18)28)19-11-20-9-10-21(12-19)32(20)26(33)35-16-17-7-5-4-6-8-17;1-19(2,3)26(25)24-18(12-6-13-4-5-14(7-12)23-13)9-11-8-16(21)17(22)10-15(11)20/h4-7,14,16,18-20,26,33H,8-13,15H2,1-3H3;4-8,13,15,19-21,25,31H,9-12,14,16H2,1-3H3;8,10,12-14,18,23-24H,4-7,9H2,1-3H3/t18?,19-,20+,26-,41+;19?,20-,21+,25-,36+;12?,13-,14+,18-,26+/m111/s1. The Labute approximate surface area is 611 Å². The third kappa shape index (κ3) is 19.5. The Kier molecular flexibility index (Phi) is 25.8. The van der Waals surface area contributed by atoms with Gasteiger partial charge < -0.3 is 15.0 Å². The van der Waals surface area contributed by atoms with E-state index in [4.69, 9.17) is 4.74 Å². The van der Waals surface area contributed by atoms with E-state index in [1.807, 2.05) is 76.8 Å². The molecule has 7 heterocycles. The van der Waals surface area contributed by atoms with Gasteiger partial charge in [0.25, 0.3) is 11.8 Å². The number of benzene rings is 5. The lowest BCUT2D eigenvalue weighted by molar-refractivity contribution is 0.0484. The van der Waals surface area contributed by atoms with Gasteiger partial charge in [0.2, 0.25) is 10.0 Å². The summed E-state index contributed by atoms with van der Waals surface area (Å²) in [6.45, 7) is 16.4. The topological polar surface area (TPSA) is 204 Å². The van der Waals surface area contributed by atoms with Gasteiger partial charge in [-0.1, -0.05) is 42.5 Å². The Morgan fingerprint density at radius 3 is 1.20 bits per heavy atom. The van der Waals surface area contributed by atoms with E-state index in [-0.39, 0.29) is 114 Å². The van der Waals surface area contributed by atoms with Gasteiger partial charge >= 0.3 is 6.09 Å². The number of ether oxygens (including phenoxy) is 1. The fourth-order valence-corrected chi connectivity index (χ4v) is 20.1. The minimum atomic E-state index is -3.86. The van der Waals surface area contributed by atoms with Crippen LogP contribution in [-0.2, 0) is 73.6 Å². The summed E-state index contributed by atoms with van der Waals surface area (Å²) >= 11 is 0. The number of piperidine rings is 3. The molecule has 6 saturated heterocycles. The Morgan fingerprint density at radius 2 is 0.827 bits per heavy atom. The molecule has 0 saturated carbocycles. The highest BCUT2D eigenvalue weighted by Crippen LogP contribution is 2.45. The SMILES string of the molecule is CC(C)(C)[S@](=O)N[C@H](Cc1cc(F)c(F)cc1F)C1C[C@H]2CC[C@@H](C1)N2.CC(C)(C)[S@](=O)N[C@H](Cc1cc(F)c(F)cc1F)C1C[C@H]2CC[C@@H](C1)N2C(=O)OCc1ccccc1.CC(C)(C)[S@](=O)N[C@H](Cc1cc(F)c(F)cc1F)C1C[C@H]2CC[C@@H](C1)N2S(=O)(=O)CCN1C(=O)c2ccccc2C1=O. The second-order valence-corrected chi connectivity index (χ2v) is 39.5. The second kappa shape index (κ2) is 33.3. The second-order valence-electron chi connectivity index (χ2n) is 31.5. The predicted octanol–water partition coefficient (Wildman–Crippen LogP) is 13.2. The number of amides is 3. The molecule has 5 aromatic rings. The number of hydrogen-bond acceptors (Lipinski definition) is 10. The quantitative estimate of drug-likeness (QED) is 0.0311. The molecule has 15 atom stereocenters. The number of imide groups is 1. The van der Waals surface area contributed by atoms with E-state index in [1.54, 1.807) is 45.0 Å². The molecule has 5 aromatic carbocycles. The van der Waals surface area contributed by atoms with Crippen LogP contribution in [0, 0.1) is 70.1 Å². The van der Waals surface area contributed by atoms with Crippen LogP contribution >= 0.6 is 0 Å². The minimum absolute atomic E-state index is 0.0283. The predicted molar refractivity (Wildman–Crippen MR) is 382 cm³/mol. The average Bonchev–Trinajstić information content (AvgIpc) is 1.58. The van der Waals surface area contributed by atoms with Gasteiger partial charge in [-0.25, -0.2) is 79.5 Å². The van der Waals surface area contributed by atoms with Crippen molar-refractivity contribution in [2.45, 2.75) is 234 Å². The Bertz CT molecular complexity index is 4070. The smallest absolute Gasteiger partial charge is 0.410 e. The molecule has 570 valence electrons. The summed E-state index contributed by atoms with van der Waals surface area (Å²) in [5.41, 5.74) is 1.53. The van der Waals surface area contributed by atoms with Crippen LogP contribution < -0.4 is 19.5 Å². The highest BCUT2D eigenvalue weighted by atomic mass is 32.2. The summed E-state index contributed by atoms with van der Waals surface area (Å²) in [5, 5.41) is 3.56. The molecule has 0 aliphatic carbocycles. The molecule has 0 radical (unpaired) electrons. The molecule has 16 nitrogen and oxygen atoms in total. The number of carbonyl (C=O) groups is 3. The molecule has 3 amide bonds. The van der Waals surface area contributed by atoms with E-state index in [9.17, 15) is 74.9 Å². The first-order valence-electron chi connectivity index (χ1n) is 35.5. The highest BCUT2D eigenvalue weighted by molar-refractivity contribution is 7.89. The third-order valence-corrected chi connectivity index (χ3v) is 27.7. The Balaban J connectivity index is 0.000000172. The number of carbonyl (C=O) groups excluding carboxylic acids is 3. The molecule has 3 unspecified atom stereocenters. The number of halogens is 9. The first-order chi connectivity index (χ1) is 48.8. The summed E-state index contributed by atoms with van der Waals surface area (Å²) in [6, 6.07) is 18.9. The fourth-order valence-electron chi connectivity index (χ4n) is 15.5. The molecule has 6 fully saturated rings. The molecule has 4 N–H and O–H groups in total. The minimum Gasteiger partial charge on any atom is -0.445 e. The summed E-state index contributed by atoms with van der Waals surface area (Å²) in [5.74, 6) is -11.0. The lowest BCUT2D eigenvalue weighted by Gasteiger charge is -2.41.